The highest BCUT2D eigenvalue weighted by atomic mass is 16.6. The van der Waals surface area contributed by atoms with Gasteiger partial charge in [-0.05, 0) is 35.4 Å². The van der Waals surface area contributed by atoms with E-state index in [0.717, 1.165) is 17.9 Å². The lowest BCUT2D eigenvalue weighted by molar-refractivity contribution is 0.237. The molecule has 1 fully saturated rings. The number of para-hydroxylation sites is 1. The average Bonchev–Trinajstić information content (AvgIpc) is 3.62. The van der Waals surface area contributed by atoms with Crippen molar-refractivity contribution in [2.24, 2.45) is 0 Å². The molecule has 30 heavy (non-hydrogen) atoms. The Morgan fingerprint density at radius 1 is 0.867 bits per heavy atom. The molecule has 150 valence electrons. The molecule has 4 aromatic rings. The van der Waals surface area contributed by atoms with Crippen LogP contribution in [-0.2, 0) is 11.3 Å². The van der Waals surface area contributed by atoms with E-state index in [9.17, 15) is 4.79 Å². The van der Waals surface area contributed by atoms with Gasteiger partial charge in [-0.2, -0.15) is 0 Å². The lowest BCUT2D eigenvalue weighted by atomic mass is 10.0. The Kier molecular flexibility index (Phi) is 4.95. The van der Waals surface area contributed by atoms with E-state index in [1.165, 1.54) is 0 Å². The molecule has 3 aromatic carbocycles. The van der Waals surface area contributed by atoms with E-state index in [1.807, 2.05) is 66.7 Å². The van der Waals surface area contributed by atoms with E-state index >= 15 is 0 Å². The Bertz CT molecular complexity index is 1210. The molecule has 0 radical (unpaired) electrons. The fourth-order valence-electron chi connectivity index (χ4n) is 3.27. The summed E-state index contributed by atoms with van der Waals surface area (Å²) in [7, 11) is 0. The summed E-state index contributed by atoms with van der Waals surface area (Å²) in [5, 5.41) is 0.519. The molecule has 1 saturated heterocycles. The Morgan fingerprint density at radius 3 is 2.37 bits per heavy atom. The van der Waals surface area contributed by atoms with Crippen LogP contribution in [0, 0.1) is 0 Å². The van der Waals surface area contributed by atoms with Gasteiger partial charge in [-0.25, -0.2) is 0 Å². The molecule has 0 saturated carbocycles. The third-order valence-corrected chi connectivity index (χ3v) is 4.96. The van der Waals surface area contributed by atoms with Gasteiger partial charge in [-0.1, -0.05) is 54.6 Å². The van der Waals surface area contributed by atoms with Gasteiger partial charge in [0.25, 0.3) is 5.95 Å². The molecule has 5 heteroatoms. The zero-order valence-electron chi connectivity index (χ0n) is 16.2. The number of rotatable bonds is 7. The maximum Gasteiger partial charge on any atom is 0.297 e. The SMILES string of the molecule is O=c1c(-c2ccc(OCC3CO3)cc2)c(OCc2ccccc2)oc2ccccc12. The topological polar surface area (TPSA) is 61.2 Å². The Hall–Kier alpha value is -3.57. The second-order valence-corrected chi connectivity index (χ2v) is 7.15. The molecular weight excluding hydrogens is 380 g/mol. The Labute approximate surface area is 173 Å². The molecule has 1 unspecified atom stereocenters. The highest BCUT2D eigenvalue weighted by Gasteiger charge is 2.23. The second-order valence-electron chi connectivity index (χ2n) is 7.15. The summed E-state index contributed by atoms with van der Waals surface area (Å²) in [4.78, 5) is 13.3. The van der Waals surface area contributed by atoms with Gasteiger partial charge in [0.05, 0.1) is 12.0 Å². The lowest BCUT2D eigenvalue weighted by Gasteiger charge is -2.12. The number of benzene rings is 3. The minimum absolute atomic E-state index is 0.125. The minimum atomic E-state index is -0.125. The summed E-state index contributed by atoms with van der Waals surface area (Å²) < 4.78 is 22.8. The van der Waals surface area contributed by atoms with Crippen LogP contribution >= 0.6 is 0 Å². The molecule has 1 aliphatic heterocycles. The average molecular weight is 400 g/mol. The first-order valence-electron chi connectivity index (χ1n) is 9.85. The van der Waals surface area contributed by atoms with Crippen LogP contribution in [0.4, 0.5) is 0 Å². The number of fused-ring (bicyclic) bond motifs is 1. The lowest BCUT2D eigenvalue weighted by Crippen LogP contribution is -2.09. The molecule has 5 rings (SSSR count). The molecule has 0 amide bonds. The second kappa shape index (κ2) is 8.05. The molecule has 1 aromatic heterocycles. The van der Waals surface area contributed by atoms with E-state index in [4.69, 9.17) is 18.6 Å². The number of ether oxygens (including phenoxy) is 3. The molecule has 1 aliphatic rings. The predicted molar refractivity (Wildman–Crippen MR) is 114 cm³/mol. The van der Waals surface area contributed by atoms with Crippen LogP contribution in [0.15, 0.2) is 88.1 Å². The fourth-order valence-corrected chi connectivity index (χ4v) is 3.27. The smallest absolute Gasteiger partial charge is 0.297 e. The minimum Gasteiger partial charge on any atom is -0.491 e. The van der Waals surface area contributed by atoms with E-state index in [1.54, 1.807) is 12.1 Å². The summed E-state index contributed by atoms with van der Waals surface area (Å²) in [5.41, 5.74) is 2.48. The molecule has 0 N–H and O–H groups in total. The van der Waals surface area contributed by atoms with Crippen LogP contribution in [0.5, 0.6) is 11.7 Å². The van der Waals surface area contributed by atoms with Gasteiger partial charge in [-0.3, -0.25) is 4.79 Å². The van der Waals surface area contributed by atoms with Gasteiger partial charge in [0.2, 0.25) is 5.43 Å². The largest absolute Gasteiger partial charge is 0.491 e. The van der Waals surface area contributed by atoms with Crippen molar-refractivity contribution in [1.82, 2.24) is 0 Å². The molecule has 2 heterocycles. The maximum absolute atomic E-state index is 13.3. The fraction of sp³-hybridized carbons (Fsp3) is 0.160. The predicted octanol–water partition coefficient (Wildman–Crippen LogP) is 4.82. The number of hydrogen-bond acceptors (Lipinski definition) is 5. The monoisotopic (exact) mass is 400 g/mol. The third kappa shape index (κ3) is 3.93. The van der Waals surface area contributed by atoms with Crippen molar-refractivity contribution in [1.29, 1.82) is 0 Å². The van der Waals surface area contributed by atoms with Gasteiger partial charge in [-0.15, -0.1) is 0 Å². The van der Waals surface area contributed by atoms with Crippen molar-refractivity contribution in [2.45, 2.75) is 12.7 Å². The van der Waals surface area contributed by atoms with Gasteiger partial charge >= 0.3 is 0 Å². The number of epoxide rings is 1. The maximum atomic E-state index is 13.3. The Morgan fingerprint density at radius 2 is 1.60 bits per heavy atom. The van der Waals surface area contributed by atoms with Crippen LogP contribution in [0.3, 0.4) is 0 Å². The molecule has 1 atom stereocenters. The molecule has 5 nitrogen and oxygen atoms in total. The van der Waals surface area contributed by atoms with Gasteiger partial charge < -0.3 is 18.6 Å². The first kappa shape index (κ1) is 18.5. The van der Waals surface area contributed by atoms with Crippen molar-refractivity contribution in [3.8, 4) is 22.8 Å². The van der Waals surface area contributed by atoms with E-state index in [0.29, 0.717) is 35.3 Å². The molecule has 0 aliphatic carbocycles. The summed E-state index contributed by atoms with van der Waals surface area (Å²) in [6.07, 6.45) is 0.190. The van der Waals surface area contributed by atoms with Gasteiger partial charge in [0.15, 0.2) is 0 Å². The molecular formula is C25H20O5. The van der Waals surface area contributed by atoms with Crippen molar-refractivity contribution in [2.75, 3.05) is 13.2 Å². The first-order chi connectivity index (χ1) is 14.8. The van der Waals surface area contributed by atoms with E-state index in [-0.39, 0.29) is 17.5 Å². The van der Waals surface area contributed by atoms with Crippen molar-refractivity contribution >= 4 is 11.0 Å². The first-order valence-corrected chi connectivity index (χ1v) is 9.85. The standard InChI is InChI=1S/C25H20O5/c26-24-21-8-4-5-9-22(21)30-25(29-14-17-6-2-1-3-7-17)23(24)18-10-12-19(13-11-18)27-15-20-16-28-20/h1-13,20H,14-16H2. The van der Waals surface area contributed by atoms with Crippen LogP contribution in [0.2, 0.25) is 0 Å². The van der Waals surface area contributed by atoms with Crippen LogP contribution in [0.1, 0.15) is 5.56 Å². The quantitative estimate of drug-likeness (QED) is 0.417. The van der Waals surface area contributed by atoms with E-state index < -0.39 is 0 Å². The van der Waals surface area contributed by atoms with Crippen LogP contribution < -0.4 is 14.9 Å². The summed E-state index contributed by atoms with van der Waals surface area (Å²) in [6, 6.07) is 24.3. The van der Waals surface area contributed by atoms with Crippen molar-refractivity contribution in [3.05, 3.63) is 94.6 Å². The highest BCUT2D eigenvalue weighted by Crippen LogP contribution is 2.32. The third-order valence-electron chi connectivity index (χ3n) is 4.96. The zero-order chi connectivity index (χ0) is 20.3. The van der Waals surface area contributed by atoms with Gasteiger partial charge in [0, 0.05) is 0 Å². The van der Waals surface area contributed by atoms with Crippen LogP contribution in [0.25, 0.3) is 22.1 Å². The van der Waals surface area contributed by atoms with Crippen LogP contribution in [-0.4, -0.2) is 19.3 Å². The summed E-state index contributed by atoms with van der Waals surface area (Å²) >= 11 is 0. The summed E-state index contributed by atoms with van der Waals surface area (Å²) in [6.45, 7) is 1.58. The zero-order valence-corrected chi connectivity index (χ0v) is 16.2. The highest BCUT2D eigenvalue weighted by molar-refractivity contribution is 5.84. The summed E-state index contributed by atoms with van der Waals surface area (Å²) in [5.74, 6) is 0.939. The molecule has 0 spiro atoms. The van der Waals surface area contributed by atoms with E-state index in [2.05, 4.69) is 0 Å². The van der Waals surface area contributed by atoms with Gasteiger partial charge in [0.1, 0.15) is 36.2 Å². The van der Waals surface area contributed by atoms with Crippen molar-refractivity contribution < 1.29 is 18.6 Å². The molecule has 0 bridgehead atoms. The Balaban J connectivity index is 1.51. The normalized spacial score (nSPS) is 15.1. The number of hydrogen-bond donors (Lipinski definition) is 0. The van der Waals surface area contributed by atoms with Crippen molar-refractivity contribution in [3.63, 3.8) is 0 Å².